The van der Waals surface area contributed by atoms with Gasteiger partial charge in [-0.3, -0.25) is 9.36 Å². The SMILES string of the molecule is Cc1ccc(C[C@H]2CCCN(C(=O)Cn3cccnc3=O)C2)cc1. The van der Waals surface area contributed by atoms with Crippen molar-refractivity contribution in [2.24, 2.45) is 5.92 Å². The van der Waals surface area contributed by atoms with Crippen LogP contribution < -0.4 is 5.69 Å². The minimum atomic E-state index is -0.376. The Labute approximate surface area is 141 Å². The van der Waals surface area contributed by atoms with E-state index < -0.39 is 0 Å². The molecule has 1 fully saturated rings. The number of benzene rings is 1. The van der Waals surface area contributed by atoms with Crippen molar-refractivity contribution in [2.75, 3.05) is 13.1 Å². The molecular weight excluding hydrogens is 302 g/mol. The van der Waals surface area contributed by atoms with E-state index in [9.17, 15) is 9.59 Å². The van der Waals surface area contributed by atoms with Crippen molar-refractivity contribution in [1.82, 2.24) is 14.5 Å². The number of hydrogen-bond donors (Lipinski definition) is 0. The second kappa shape index (κ2) is 7.43. The van der Waals surface area contributed by atoms with E-state index in [4.69, 9.17) is 0 Å². The second-order valence-electron chi connectivity index (χ2n) is 6.57. The maximum Gasteiger partial charge on any atom is 0.347 e. The van der Waals surface area contributed by atoms with Gasteiger partial charge < -0.3 is 4.90 Å². The van der Waals surface area contributed by atoms with Crippen LogP contribution in [0.4, 0.5) is 0 Å². The zero-order valence-electron chi connectivity index (χ0n) is 14.0. The van der Waals surface area contributed by atoms with Gasteiger partial charge in [-0.2, -0.15) is 0 Å². The number of likely N-dealkylation sites (tertiary alicyclic amines) is 1. The largest absolute Gasteiger partial charge is 0.347 e. The molecule has 2 aromatic rings. The molecule has 1 amide bonds. The summed E-state index contributed by atoms with van der Waals surface area (Å²) in [5, 5.41) is 0. The lowest BCUT2D eigenvalue weighted by Crippen LogP contribution is -2.43. The summed E-state index contributed by atoms with van der Waals surface area (Å²) in [5.74, 6) is 0.481. The number of aryl methyl sites for hydroxylation is 1. The molecule has 24 heavy (non-hydrogen) atoms. The smallest absolute Gasteiger partial charge is 0.341 e. The van der Waals surface area contributed by atoms with Gasteiger partial charge in [0, 0.05) is 25.5 Å². The third-order valence-corrected chi connectivity index (χ3v) is 4.61. The van der Waals surface area contributed by atoms with Gasteiger partial charge in [0.1, 0.15) is 6.54 Å². The molecule has 0 radical (unpaired) electrons. The highest BCUT2D eigenvalue weighted by Crippen LogP contribution is 2.21. The third kappa shape index (κ3) is 4.10. The van der Waals surface area contributed by atoms with Crippen molar-refractivity contribution in [3.05, 3.63) is 64.3 Å². The number of piperidine rings is 1. The molecule has 1 atom stereocenters. The van der Waals surface area contributed by atoms with E-state index in [2.05, 4.69) is 36.2 Å². The molecule has 126 valence electrons. The fourth-order valence-corrected chi connectivity index (χ4v) is 3.27. The molecule has 0 N–H and O–H groups in total. The van der Waals surface area contributed by atoms with Crippen LogP contribution in [0.15, 0.2) is 47.5 Å². The van der Waals surface area contributed by atoms with Crippen LogP contribution in [-0.2, 0) is 17.8 Å². The molecule has 1 aromatic heterocycles. The Morgan fingerprint density at radius 1 is 1.29 bits per heavy atom. The molecule has 3 rings (SSSR count). The number of carbonyl (C=O) groups is 1. The average molecular weight is 325 g/mol. The summed E-state index contributed by atoms with van der Waals surface area (Å²) in [7, 11) is 0. The molecule has 0 aliphatic carbocycles. The molecular formula is C19H23N3O2. The average Bonchev–Trinajstić information content (AvgIpc) is 2.59. The maximum atomic E-state index is 12.5. The summed E-state index contributed by atoms with van der Waals surface area (Å²) in [6.07, 6.45) is 6.22. The molecule has 5 heteroatoms. The van der Waals surface area contributed by atoms with E-state index in [1.807, 2.05) is 4.90 Å². The van der Waals surface area contributed by atoms with E-state index in [0.29, 0.717) is 5.92 Å². The highest BCUT2D eigenvalue weighted by molar-refractivity contribution is 5.76. The summed E-state index contributed by atoms with van der Waals surface area (Å²) in [4.78, 5) is 29.7. The standard InChI is InChI=1S/C19H23N3O2/c1-15-5-7-16(8-6-15)12-17-4-2-10-21(13-17)18(23)14-22-11-3-9-20-19(22)24/h3,5-9,11,17H,2,4,10,12-14H2,1H3/t17-/m1/s1. The van der Waals surface area contributed by atoms with E-state index in [-0.39, 0.29) is 18.1 Å². The van der Waals surface area contributed by atoms with Gasteiger partial charge in [-0.05, 0) is 43.7 Å². The predicted molar refractivity (Wildman–Crippen MR) is 92.7 cm³/mol. The zero-order chi connectivity index (χ0) is 16.9. The lowest BCUT2D eigenvalue weighted by atomic mass is 9.91. The lowest BCUT2D eigenvalue weighted by Gasteiger charge is -2.33. The van der Waals surface area contributed by atoms with Crippen molar-refractivity contribution in [2.45, 2.75) is 32.7 Å². The minimum Gasteiger partial charge on any atom is -0.341 e. The number of amides is 1. The van der Waals surface area contributed by atoms with E-state index in [1.165, 1.54) is 21.9 Å². The van der Waals surface area contributed by atoms with Gasteiger partial charge in [0.15, 0.2) is 0 Å². The number of carbonyl (C=O) groups excluding carboxylic acids is 1. The van der Waals surface area contributed by atoms with Gasteiger partial charge >= 0.3 is 5.69 Å². The van der Waals surface area contributed by atoms with Gasteiger partial charge in [-0.25, -0.2) is 9.78 Å². The van der Waals surface area contributed by atoms with Crippen LogP contribution in [0.25, 0.3) is 0 Å². The second-order valence-corrected chi connectivity index (χ2v) is 6.57. The normalized spacial score (nSPS) is 17.7. The number of aromatic nitrogens is 2. The molecule has 1 aliphatic rings. The molecule has 0 saturated carbocycles. The molecule has 1 aromatic carbocycles. The Kier molecular flexibility index (Phi) is 5.08. The predicted octanol–water partition coefficient (Wildman–Crippen LogP) is 2.03. The van der Waals surface area contributed by atoms with Crippen molar-refractivity contribution in [3.63, 3.8) is 0 Å². The highest BCUT2D eigenvalue weighted by Gasteiger charge is 2.24. The summed E-state index contributed by atoms with van der Waals surface area (Å²) in [5.41, 5.74) is 2.21. The van der Waals surface area contributed by atoms with Crippen LogP contribution >= 0.6 is 0 Å². The summed E-state index contributed by atoms with van der Waals surface area (Å²) >= 11 is 0. The van der Waals surface area contributed by atoms with E-state index in [1.54, 1.807) is 12.3 Å². The first-order chi connectivity index (χ1) is 11.6. The van der Waals surface area contributed by atoms with Crippen LogP contribution in [0.2, 0.25) is 0 Å². The van der Waals surface area contributed by atoms with Gasteiger partial charge in [0.05, 0.1) is 0 Å². The molecule has 0 unspecified atom stereocenters. The summed E-state index contributed by atoms with van der Waals surface area (Å²) in [6.45, 7) is 3.70. The summed E-state index contributed by atoms with van der Waals surface area (Å²) < 4.78 is 1.37. The molecule has 0 bridgehead atoms. The molecule has 1 aliphatic heterocycles. The van der Waals surface area contributed by atoms with Crippen molar-refractivity contribution in [1.29, 1.82) is 0 Å². The van der Waals surface area contributed by atoms with Gasteiger partial charge in [0.25, 0.3) is 0 Å². The fraction of sp³-hybridized carbons (Fsp3) is 0.421. The first-order valence-electron chi connectivity index (χ1n) is 8.46. The third-order valence-electron chi connectivity index (χ3n) is 4.61. The van der Waals surface area contributed by atoms with Crippen LogP contribution in [0.3, 0.4) is 0 Å². The Morgan fingerprint density at radius 3 is 2.83 bits per heavy atom. The van der Waals surface area contributed by atoms with E-state index >= 15 is 0 Å². The molecule has 0 spiro atoms. The van der Waals surface area contributed by atoms with Crippen LogP contribution in [0.1, 0.15) is 24.0 Å². The van der Waals surface area contributed by atoms with Crippen LogP contribution in [0.5, 0.6) is 0 Å². The fourth-order valence-electron chi connectivity index (χ4n) is 3.27. The molecule has 5 nitrogen and oxygen atoms in total. The van der Waals surface area contributed by atoms with Gasteiger partial charge in [-0.1, -0.05) is 29.8 Å². The number of rotatable bonds is 4. The van der Waals surface area contributed by atoms with Gasteiger partial charge in [0.2, 0.25) is 5.91 Å². The van der Waals surface area contributed by atoms with Crippen molar-refractivity contribution >= 4 is 5.91 Å². The Bertz CT molecular complexity index is 752. The lowest BCUT2D eigenvalue weighted by molar-refractivity contribution is -0.133. The number of nitrogens with zero attached hydrogens (tertiary/aromatic N) is 3. The Morgan fingerprint density at radius 2 is 2.08 bits per heavy atom. The van der Waals surface area contributed by atoms with E-state index in [0.717, 1.165) is 32.4 Å². The Hall–Kier alpha value is -2.43. The maximum absolute atomic E-state index is 12.5. The van der Waals surface area contributed by atoms with Crippen LogP contribution in [-0.4, -0.2) is 33.4 Å². The summed E-state index contributed by atoms with van der Waals surface area (Å²) in [6, 6.07) is 10.3. The van der Waals surface area contributed by atoms with Gasteiger partial charge in [-0.15, -0.1) is 0 Å². The minimum absolute atomic E-state index is 0.00120. The monoisotopic (exact) mass is 325 g/mol. The number of hydrogen-bond acceptors (Lipinski definition) is 3. The quantitative estimate of drug-likeness (QED) is 0.864. The van der Waals surface area contributed by atoms with Crippen molar-refractivity contribution < 1.29 is 4.79 Å². The topological polar surface area (TPSA) is 55.2 Å². The molecule has 1 saturated heterocycles. The first-order valence-corrected chi connectivity index (χ1v) is 8.46. The van der Waals surface area contributed by atoms with Crippen molar-refractivity contribution in [3.8, 4) is 0 Å². The highest BCUT2D eigenvalue weighted by atomic mass is 16.2. The van der Waals surface area contributed by atoms with Crippen LogP contribution in [0, 0.1) is 12.8 Å². The Balaban J connectivity index is 1.60. The molecule has 2 heterocycles. The zero-order valence-corrected chi connectivity index (χ0v) is 14.0. The first kappa shape index (κ1) is 16.4.